The van der Waals surface area contributed by atoms with Crippen molar-refractivity contribution < 1.29 is 31.8 Å². The molecule has 0 bridgehead atoms. The molecule has 0 N–H and O–H groups in total. The van der Waals surface area contributed by atoms with Gasteiger partial charge in [0.15, 0.2) is 0 Å². The van der Waals surface area contributed by atoms with Crippen molar-refractivity contribution in [2.75, 3.05) is 39.6 Å². The Kier molecular flexibility index (Phi) is 22.0. The normalized spacial score (nSPS) is 8.89. The Morgan fingerprint density at radius 2 is 1.11 bits per heavy atom. The van der Waals surface area contributed by atoms with Crippen molar-refractivity contribution in [3.63, 3.8) is 0 Å². The van der Waals surface area contributed by atoms with Crippen LogP contribution in [0.2, 0.25) is 0 Å². The van der Waals surface area contributed by atoms with Crippen LogP contribution in [0.25, 0.3) is 0 Å². The summed E-state index contributed by atoms with van der Waals surface area (Å²) in [4.78, 5) is 4.01. The van der Waals surface area contributed by atoms with Gasteiger partial charge in [-0.2, -0.15) is 15.5 Å². The SMILES string of the molecule is CCN(CC)CC[S-].COc1ccc([S-])cc1.COc1ccc([S-])cc1.[O]=[Tc+3]. The van der Waals surface area contributed by atoms with Crippen LogP contribution in [0.4, 0.5) is 0 Å². The predicted molar refractivity (Wildman–Crippen MR) is 118 cm³/mol. The molecule has 0 unspecified atom stereocenters. The van der Waals surface area contributed by atoms with Gasteiger partial charge in [0.05, 0.1) is 14.2 Å². The molecule has 0 saturated carbocycles. The standard InChI is InChI=1S/2C7H8OS.C6H15NS.O.Tc/c2*1-8-6-2-4-7(9)5-3-6;1-3-7(4-2)5-6-8;;/h2*2-5,9H,1H3;8H,3-6H2,1-2H3;;/q;;;;+3/p-3. The topological polar surface area (TPSA) is 38.8 Å². The van der Waals surface area contributed by atoms with Gasteiger partial charge in [0.2, 0.25) is 0 Å². The van der Waals surface area contributed by atoms with Crippen molar-refractivity contribution in [3.05, 3.63) is 48.5 Å². The Morgan fingerprint density at radius 1 is 0.786 bits per heavy atom. The fourth-order valence-electron chi connectivity index (χ4n) is 1.82. The Bertz CT molecular complexity index is 537. The molecule has 4 nitrogen and oxygen atoms in total. The zero-order valence-corrected chi connectivity index (χ0v) is 21.0. The number of hydrogen-bond donors (Lipinski definition) is 0. The number of hydrogen-bond acceptors (Lipinski definition) is 7. The average molecular weight is 525 g/mol. The first-order valence-electron chi connectivity index (χ1n) is 8.58. The van der Waals surface area contributed by atoms with E-state index in [0.29, 0.717) is 0 Å². The quantitative estimate of drug-likeness (QED) is 0.530. The number of nitrogens with zero attached hydrogens (tertiary/aromatic N) is 1. The van der Waals surface area contributed by atoms with Crippen LogP contribution in [-0.2, 0) is 60.2 Å². The molecule has 156 valence electrons. The first-order valence-corrected chi connectivity index (χ1v) is 10.7. The maximum atomic E-state index is 8.22. The van der Waals surface area contributed by atoms with Crippen LogP contribution < -0.4 is 9.47 Å². The van der Waals surface area contributed by atoms with Crippen LogP contribution in [-0.4, -0.2) is 44.5 Å². The van der Waals surface area contributed by atoms with Crippen LogP contribution >= 0.6 is 0 Å². The van der Waals surface area contributed by atoms with Crippen molar-refractivity contribution in [3.8, 4) is 11.5 Å². The minimum atomic E-state index is 0.843. The van der Waals surface area contributed by atoms with E-state index in [9.17, 15) is 0 Å². The molecule has 2 aromatic rings. The van der Waals surface area contributed by atoms with Crippen LogP contribution in [0.1, 0.15) is 13.8 Å². The number of rotatable bonds is 6. The minimum absolute atomic E-state index is 0.843. The van der Waals surface area contributed by atoms with Crippen LogP contribution in [0.15, 0.2) is 58.3 Å². The molecule has 0 heterocycles. The third-order valence-corrected chi connectivity index (χ3v) is 4.15. The summed E-state index contributed by atoms with van der Waals surface area (Å²) in [6.45, 7) is 7.66. The van der Waals surface area contributed by atoms with Gasteiger partial charge in [0.25, 0.3) is 0 Å². The zero-order valence-electron chi connectivity index (χ0n) is 16.7. The Balaban J connectivity index is 0. The van der Waals surface area contributed by atoms with Gasteiger partial charge < -0.3 is 52.3 Å². The molecule has 0 atom stereocenters. The molecule has 0 aliphatic rings. The van der Waals surface area contributed by atoms with E-state index in [2.05, 4.69) is 18.7 Å². The molecular weight excluding hydrogens is 496 g/mol. The fraction of sp³-hybridized carbons (Fsp3) is 0.400. The van der Waals surface area contributed by atoms with Crippen molar-refractivity contribution in [1.82, 2.24) is 4.90 Å². The van der Waals surface area contributed by atoms with Gasteiger partial charge in [-0.3, -0.25) is 0 Å². The van der Waals surface area contributed by atoms with Gasteiger partial charge in [-0.15, -0.1) is 0 Å². The Morgan fingerprint density at radius 3 is 1.29 bits per heavy atom. The predicted octanol–water partition coefficient (Wildman–Crippen LogP) is 3.96. The second-order valence-electron chi connectivity index (χ2n) is 5.08. The number of methoxy groups -OCH3 is 2. The number of ether oxygens (including phenoxy) is 2. The van der Waals surface area contributed by atoms with Crippen molar-refractivity contribution >= 4 is 37.9 Å². The van der Waals surface area contributed by atoms with E-state index in [1.54, 1.807) is 14.2 Å². The monoisotopic (exact) mass is 523 g/mol. The van der Waals surface area contributed by atoms with E-state index in [1.807, 2.05) is 48.5 Å². The second-order valence-corrected chi connectivity index (χ2v) is 6.43. The summed E-state index contributed by atoms with van der Waals surface area (Å²) >= 11 is 15.4. The second kappa shape index (κ2) is 21.0. The molecule has 2 aromatic carbocycles. The average Bonchev–Trinajstić information content (AvgIpc) is 2.75. The summed E-state index contributed by atoms with van der Waals surface area (Å²) in [5, 5.41) is 0. The van der Waals surface area contributed by atoms with E-state index in [-0.39, 0.29) is 0 Å². The zero-order chi connectivity index (χ0) is 21.8. The summed E-state index contributed by atoms with van der Waals surface area (Å²) < 4.78 is 18.1. The van der Waals surface area contributed by atoms with Gasteiger partial charge in [-0.25, -0.2) is 0 Å². The van der Waals surface area contributed by atoms with Crippen molar-refractivity contribution in [2.24, 2.45) is 0 Å². The van der Waals surface area contributed by atoms with E-state index >= 15 is 0 Å². The summed E-state index contributed by atoms with van der Waals surface area (Å²) in [6.07, 6.45) is 0. The van der Waals surface area contributed by atoms with Gasteiger partial charge in [0, 0.05) is 0 Å². The first kappa shape index (κ1) is 29.4. The van der Waals surface area contributed by atoms with Crippen LogP contribution in [0.3, 0.4) is 0 Å². The molecular formula is C20H28NO3S3Tc. The van der Waals surface area contributed by atoms with Crippen molar-refractivity contribution in [2.45, 2.75) is 23.6 Å². The van der Waals surface area contributed by atoms with E-state index in [0.717, 1.165) is 65.5 Å². The maximum absolute atomic E-state index is 8.22. The van der Waals surface area contributed by atoms with Crippen LogP contribution in [0, 0.1) is 0 Å². The van der Waals surface area contributed by atoms with E-state index in [1.165, 1.54) is 0 Å². The third kappa shape index (κ3) is 16.2. The molecule has 0 aliphatic heterocycles. The van der Waals surface area contributed by atoms with Crippen LogP contribution in [0.5, 0.6) is 11.5 Å². The summed E-state index contributed by atoms with van der Waals surface area (Å²) in [5.74, 6) is 2.56. The van der Waals surface area contributed by atoms with Gasteiger partial charge >= 0.3 is 22.4 Å². The Hall–Kier alpha value is -0.761. The van der Waals surface area contributed by atoms with Crippen molar-refractivity contribution in [1.29, 1.82) is 0 Å². The molecule has 0 radical (unpaired) electrons. The van der Waals surface area contributed by atoms with E-state index < -0.39 is 0 Å². The first-order chi connectivity index (χ1) is 13.5. The van der Waals surface area contributed by atoms with Gasteiger partial charge in [-0.1, -0.05) is 38.1 Å². The molecule has 0 fully saturated rings. The molecule has 2 rings (SSSR count). The summed E-state index contributed by atoms with van der Waals surface area (Å²) in [7, 11) is 3.27. The molecule has 0 amide bonds. The molecule has 0 saturated heterocycles. The molecule has 8 heteroatoms. The summed E-state index contributed by atoms with van der Waals surface area (Å²) in [6, 6.07) is 14.8. The van der Waals surface area contributed by atoms with Gasteiger partial charge in [0.1, 0.15) is 11.5 Å². The van der Waals surface area contributed by atoms with Gasteiger partial charge in [-0.05, 0) is 43.9 Å². The summed E-state index contributed by atoms with van der Waals surface area (Å²) in [5.41, 5.74) is 0. The third-order valence-electron chi connectivity index (χ3n) is 3.42. The molecule has 0 spiro atoms. The fourth-order valence-corrected chi connectivity index (χ4v) is 2.35. The molecule has 28 heavy (non-hydrogen) atoms. The molecule has 0 aliphatic carbocycles. The number of benzene rings is 2. The Labute approximate surface area is 197 Å². The molecule has 0 aromatic heterocycles. The van der Waals surface area contributed by atoms with E-state index in [4.69, 9.17) is 50.9 Å².